The highest BCUT2D eigenvalue weighted by Crippen LogP contribution is 2.39. The number of fused-ring (bicyclic) bond motifs is 2. The Morgan fingerprint density at radius 3 is 2.38 bits per heavy atom. The lowest BCUT2D eigenvalue weighted by Crippen LogP contribution is -2.24. The minimum absolute atomic E-state index is 0.00985. The summed E-state index contributed by atoms with van der Waals surface area (Å²) in [5.41, 5.74) is 4.53. The lowest BCUT2D eigenvalue weighted by Gasteiger charge is -2.24. The van der Waals surface area contributed by atoms with E-state index in [0.717, 1.165) is 39.4 Å². The molecule has 1 aliphatic carbocycles. The zero-order valence-electron chi connectivity index (χ0n) is 27.2. The molecule has 0 saturated heterocycles. The second-order valence-corrected chi connectivity index (χ2v) is 12.0. The molecular formula is C38H35N5O5. The van der Waals surface area contributed by atoms with Crippen LogP contribution in [0.1, 0.15) is 37.1 Å². The Morgan fingerprint density at radius 2 is 1.69 bits per heavy atom. The summed E-state index contributed by atoms with van der Waals surface area (Å²) in [6.07, 6.45) is 9.17. The number of nitriles is 1. The van der Waals surface area contributed by atoms with Gasteiger partial charge in [-0.15, -0.1) is 0 Å². The molecule has 0 spiro atoms. The first-order chi connectivity index (χ1) is 23.3. The summed E-state index contributed by atoms with van der Waals surface area (Å²) >= 11 is 0. The number of ether oxygens (including phenoxy) is 3. The fraction of sp³-hybridized carbons (Fsp3) is 0.237. The number of carbonyl (C=O) groups excluding carboxylic acids is 1. The highest BCUT2D eigenvalue weighted by atomic mass is 16.5. The van der Waals surface area contributed by atoms with Crippen LogP contribution in [0, 0.1) is 11.3 Å². The Labute approximate surface area is 277 Å². The van der Waals surface area contributed by atoms with Crippen LogP contribution in [0.5, 0.6) is 11.5 Å². The van der Waals surface area contributed by atoms with Crippen molar-refractivity contribution in [1.29, 1.82) is 5.26 Å². The topological polar surface area (TPSA) is 105 Å². The molecule has 0 N–H and O–H groups in total. The van der Waals surface area contributed by atoms with Crippen molar-refractivity contribution >= 4 is 27.8 Å². The van der Waals surface area contributed by atoms with Gasteiger partial charge in [0.05, 0.1) is 38.2 Å². The van der Waals surface area contributed by atoms with E-state index in [9.17, 15) is 14.9 Å². The van der Waals surface area contributed by atoms with Crippen molar-refractivity contribution in [3.8, 4) is 34.5 Å². The Bertz CT molecular complexity index is 2330. The number of methoxy groups -OCH3 is 2. The van der Waals surface area contributed by atoms with E-state index in [-0.39, 0.29) is 36.0 Å². The molecule has 7 rings (SSSR count). The van der Waals surface area contributed by atoms with Gasteiger partial charge in [-0.1, -0.05) is 42.5 Å². The van der Waals surface area contributed by atoms with Crippen LogP contribution in [0.3, 0.4) is 0 Å². The van der Waals surface area contributed by atoms with Crippen LogP contribution in [0.15, 0.2) is 96.1 Å². The van der Waals surface area contributed by atoms with E-state index in [4.69, 9.17) is 14.2 Å². The first-order valence-corrected chi connectivity index (χ1v) is 15.8. The smallest absolute Gasteiger partial charge is 0.334 e. The van der Waals surface area contributed by atoms with Gasteiger partial charge >= 0.3 is 11.7 Å². The molecule has 0 unspecified atom stereocenters. The summed E-state index contributed by atoms with van der Waals surface area (Å²) in [7, 11) is 5.11. The number of hydrogen-bond acceptors (Lipinski definition) is 6. The van der Waals surface area contributed by atoms with Crippen molar-refractivity contribution in [2.24, 2.45) is 7.05 Å². The Balaban J connectivity index is 1.48. The highest BCUT2D eigenvalue weighted by Gasteiger charge is 2.29. The predicted molar refractivity (Wildman–Crippen MR) is 184 cm³/mol. The Hall–Kier alpha value is -5.95. The quantitative estimate of drug-likeness (QED) is 0.139. The number of imidazole rings is 1. The number of benzene rings is 3. The normalized spacial score (nSPS) is 15.9. The molecule has 10 heteroatoms. The number of carbonyl (C=O) groups is 1. The monoisotopic (exact) mass is 641 g/mol. The zero-order chi connectivity index (χ0) is 33.5. The molecular weight excluding hydrogens is 606 g/mol. The maximum absolute atomic E-state index is 14.7. The molecule has 0 aliphatic heterocycles. The van der Waals surface area contributed by atoms with Crippen molar-refractivity contribution in [1.82, 2.24) is 18.3 Å². The van der Waals surface area contributed by atoms with E-state index < -0.39 is 0 Å². The molecule has 0 bridgehead atoms. The summed E-state index contributed by atoms with van der Waals surface area (Å²) in [5, 5.41) is 12.6. The van der Waals surface area contributed by atoms with Gasteiger partial charge in [-0.2, -0.15) is 5.26 Å². The summed E-state index contributed by atoms with van der Waals surface area (Å²) in [6.45, 7) is 1.53. The predicted octanol–water partition coefficient (Wildman–Crippen LogP) is 6.51. The standard InChI is InChI=1S/C38H35N5O5/c1-24(44)48-27-17-14-26(15-18-27)41-22-31(29-9-5-8-12-33(29)41)37-34(20-39)42(21-25-13-16-28(46-3)19-36(25)47-4)38(45)43(37)35-23-40(2)32-11-7-6-10-30(32)35/h5-14,16-17,19,22-23,26-27H,15,18,21H2,1-4H3/t26-,27+/m1/s1. The first-order valence-electron chi connectivity index (χ1n) is 15.8. The first kappa shape index (κ1) is 30.7. The third-order valence-electron chi connectivity index (χ3n) is 9.15. The van der Waals surface area contributed by atoms with Gasteiger partial charge < -0.3 is 23.3 Å². The maximum Gasteiger partial charge on any atom is 0.334 e. The van der Waals surface area contributed by atoms with E-state index >= 15 is 0 Å². The molecule has 3 aromatic heterocycles. The van der Waals surface area contributed by atoms with Gasteiger partial charge in [0.25, 0.3) is 0 Å². The largest absolute Gasteiger partial charge is 0.497 e. The van der Waals surface area contributed by atoms with Crippen molar-refractivity contribution in [2.75, 3.05) is 14.2 Å². The third-order valence-corrected chi connectivity index (χ3v) is 9.15. The van der Waals surface area contributed by atoms with E-state index in [1.807, 2.05) is 84.7 Å². The Kier molecular flexibility index (Phi) is 7.89. The highest BCUT2D eigenvalue weighted by molar-refractivity contribution is 5.98. The van der Waals surface area contributed by atoms with Crippen molar-refractivity contribution in [3.05, 3.63) is 113 Å². The maximum atomic E-state index is 14.7. The molecule has 3 heterocycles. The molecule has 242 valence electrons. The molecule has 6 aromatic rings. The molecule has 3 aromatic carbocycles. The molecule has 0 saturated carbocycles. The lowest BCUT2D eigenvalue weighted by molar-refractivity contribution is -0.144. The van der Waals surface area contributed by atoms with E-state index in [0.29, 0.717) is 29.3 Å². The zero-order valence-corrected chi connectivity index (χ0v) is 27.2. The van der Waals surface area contributed by atoms with E-state index in [1.165, 1.54) is 11.5 Å². The number of esters is 1. The average Bonchev–Trinajstić information content (AvgIpc) is 3.73. The SMILES string of the molecule is COc1ccc(Cn2c(C#N)c(-c3cn([C@@H]4C=C[C@H](OC(C)=O)CC4)c4ccccc34)n(-c3cn(C)c4ccccc34)c2=O)c(OC)c1. The van der Waals surface area contributed by atoms with Gasteiger partial charge in [-0.05, 0) is 43.2 Å². The van der Waals surface area contributed by atoms with Crippen LogP contribution in [0.2, 0.25) is 0 Å². The number of aromatic nitrogens is 4. The van der Waals surface area contributed by atoms with Crippen molar-refractivity contribution < 1.29 is 19.0 Å². The summed E-state index contributed by atoms with van der Waals surface area (Å²) in [4.78, 5) is 26.3. The number of allylic oxidation sites excluding steroid dienone is 1. The van der Waals surface area contributed by atoms with Crippen LogP contribution >= 0.6 is 0 Å². The molecule has 2 atom stereocenters. The van der Waals surface area contributed by atoms with Gasteiger partial charge in [0.2, 0.25) is 0 Å². The molecule has 0 radical (unpaired) electrons. The number of nitrogens with zero attached hydrogens (tertiary/aromatic N) is 5. The van der Waals surface area contributed by atoms with Crippen molar-refractivity contribution in [2.45, 2.75) is 38.5 Å². The van der Waals surface area contributed by atoms with Gasteiger partial charge in [0, 0.05) is 65.4 Å². The van der Waals surface area contributed by atoms with Gasteiger partial charge in [-0.3, -0.25) is 13.9 Å². The fourth-order valence-corrected chi connectivity index (χ4v) is 6.92. The minimum Gasteiger partial charge on any atom is -0.497 e. The van der Waals surface area contributed by atoms with Crippen LogP contribution in [0.25, 0.3) is 38.8 Å². The minimum atomic E-state index is -0.339. The average molecular weight is 642 g/mol. The molecule has 48 heavy (non-hydrogen) atoms. The fourth-order valence-electron chi connectivity index (χ4n) is 6.92. The summed E-state index contributed by atoms with van der Waals surface area (Å²) < 4.78 is 23.9. The second kappa shape index (κ2) is 12.3. The third kappa shape index (κ3) is 5.14. The number of hydrogen-bond donors (Lipinski definition) is 0. The summed E-state index contributed by atoms with van der Waals surface area (Å²) in [5.74, 6) is 0.877. The van der Waals surface area contributed by atoms with Crippen LogP contribution < -0.4 is 15.2 Å². The number of para-hydroxylation sites is 2. The van der Waals surface area contributed by atoms with Crippen LogP contribution in [-0.4, -0.2) is 44.6 Å². The van der Waals surface area contributed by atoms with Gasteiger partial charge in [-0.25, -0.2) is 4.79 Å². The molecule has 0 amide bonds. The Morgan fingerprint density at radius 1 is 0.938 bits per heavy atom. The van der Waals surface area contributed by atoms with Crippen LogP contribution in [0.4, 0.5) is 0 Å². The number of rotatable bonds is 8. The second-order valence-electron chi connectivity index (χ2n) is 12.0. The van der Waals surface area contributed by atoms with E-state index in [1.54, 1.807) is 24.9 Å². The van der Waals surface area contributed by atoms with E-state index in [2.05, 4.69) is 22.8 Å². The molecule has 10 nitrogen and oxygen atoms in total. The van der Waals surface area contributed by atoms with Gasteiger partial charge in [0.15, 0.2) is 0 Å². The van der Waals surface area contributed by atoms with Gasteiger partial charge in [0.1, 0.15) is 29.4 Å². The number of aryl methyl sites for hydroxylation is 1. The lowest BCUT2D eigenvalue weighted by atomic mass is 10.00. The molecule has 1 aliphatic rings. The molecule has 0 fully saturated rings. The van der Waals surface area contributed by atoms with Crippen molar-refractivity contribution in [3.63, 3.8) is 0 Å². The van der Waals surface area contributed by atoms with Crippen LogP contribution in [-0.2, 0) is 23.1 Å². The summed E-state index contributed by atoms with van der Waals surface area (Å²) in [6, 6.07) is 23.8.